The van der Waals surface area contributed by atoms with Crippen LogP contribution < -0.4 is 10.7 Å². The van der Waals surface area contributed by atoms with E-state index in [4.69, 9.17) is 0 Å². The summed E-state index contributed by atoms with van der Waals surface area (Å²) < 4.78 is 0.683. The van der Waals surface area contributed by atoms with Gasteiger partial charge in [0, 0.05) is 0 Å². The van der Waals surface area contributed by atoms with E-state index in [-0.39, 0.29) is 18.2 Å². The van der Waals surface area contributed by atoms with E-state index < -0.39 is 11.8 Å². The van der Waals surface area contributed by atoms with Gasteiger partial charge in [0.15, 0.2) is 0 Å². The lowest BCUT2D eigenvalue weighted by atomic mass is 9.90. The van der Waals surface area contributed by atoms with Crippen molar-refractivity contribution in [2.45, 2.75) is 5.92 Å². The summed E-state index contributed by atoms with van der Waals surface area (Å²) in [4.78, 5) is 24.9. The van der Waals surface area contributed by atoms with Crippen LogP contribution in [-0.2, 0) is 9.59 Å². The van der Waals surface area contributed by atoms with Gasteiger partial charge in [0.2, 0.25) is 5.91 Å². The molecule has 0 unspecified atom stereocenters. The maximum atomic E-state index is 12.9. The lowest BCUT2D eigenvalue weighted by Crippen LogP contribution is -2.37. The lowest BCUT2D eigenvalue weighted by Gasteiger charge is -2.17. The summed E-state index contributed by atoms with van der Waals surface area (Å²) in [6, 6.07) is 23.8. The van der Waals surface area contributed by atoms with Gasteiger partial charge in [-0.25, -0.2) is 5.43 Å². The quantitative estimate of drug-likeness (QED) is 0.257. The average molecular weight is 513 g/mol. The molecule has 3 aromatic rings. The molecule has 3 aromatic carbocycles. The first-order valence-corrected chi connectivity index (χ1v) is 10.3. The fourth-order valence-corrected chi connectivity index (χ4v) is 3.42. The Labute approximate surface area is 188 Å². The number of halogens is 1. The highest BCUT2D eigenvalue weighted by Gasteiger charge is 2.22. The number of hydrazone groups is 1. The molecule has 7 heteroatoms. The molecule has 0 aromatic heterocycles. The van der Waals surface area contributed by atoms with E-state index in [2.05, 4.69) is 15.8 Å². The zero-order valence-electron chi connectivity index (χ0n) is 16.0. The Kier molecular flexibility index (Phi) is 7.56. The standard InChI is InChI=1S/C23H20IN3O3/c24-19-13-16(11-12-20(19)28)14-26-27-21(29)15-25-23(30)22(17-7-3-1-4-8-17)18-9-5-2-6-10-18/h1-14,22,28H,15H2,(H,25,30)(H,27,29)/b26-14+. The van der Waals surface area contributed by atoms with Crippen LogP contribution in [0.25, 0.3) is 0 Å². The van der Waals surface area contributed by atoms with Crippen LogP contribution in [0.2, 0.25) is 0 Å². The Bertz CT molecular complexity index is 1000. The van der Waals surface area contributed by atoms with E-state index >= 15 is 0 Å². The summed E-state index contributed by atoms with van der Waals surface area (Å²) in [5.41, 5.74) is 4.82. The normalized spacial score (nSPS) is 10.9. The molecule has 0 aliphatic heterocycles. The molecule has 3 rings (SSSR count). The second-order valence-corrected chi connectivity index (χ2v) is 7.64. The van der Waals surface area contributed by atoms with Crippen LogP contribution in [0.3, 0.4) is 0 Å². The number of amides is 2. The summed E-state index contributed by atoms with van der Waals surface area (Å²) in [5, 5.41) is 16.1. The molecule has 0 radical (unpaired) electrons. The topological polar surface area (TPSA) is 90.8 Å². The SMILES string of the molecule is O=C(CNC(=O)C(c1ccccc1)c1ccccc1)N/N=C/c1ccc(O)c(I)c1. The van der Waals surface area contributed by atoms with Gasteiger partial charge in [0.25, 0.3) is 5.91 Å². The molecule has 152 valence electrons. The van der Waals surface area contributed by atoms with Crippen molar-refractivity contribution in [1.82, 2.24) is 10.7 Å². The van der Waals surface area contributed by atoms with Crippen LogP contribution in [-0.4, -0.2) is 29.7 Å². The van der Waals surface area contributed by atoms with E-state index in [9.17, 15) is 14.7 Å². The molecule has 30 heavy (non-hydrogen) atoms. The predicted octanol–water partition coefficient (Wildman–Crippen LogP) is 3.40. The molecule has 3 N–H and O–H groups in total. The third kappa shape index (κ3) is 5.90. The zero-order valence-corrected chi connectivity index (χ0v) is 18.1. The second kappa shape index (κ2) is 10.5. The number of hydrogen-bond donors (Lipinski definition) is 3. The number of hydrogen-bond acceptors (Lipinski definition) is 4. The van der Waals surface area contributed by atoms with Crippen LogP contribution >= 0.6 is 22.6 Å². The molecule has 0 aliphatic rings. The smallest absolute Gasteiger partial charge is 0.259 e. The third-order valence-electron chi connectivity index (χ3n) is 4.33. The van der Waals surface area contributed by atoms with Crippen molar-refractivity contribution < 1.29 is 14.7 Å². The van der Waals surface area contributed by atoms with Gasteiger partial charge in [-0.1, -0.05) is 60.7 Å². The van der Waals surface area contributed by atoms with E-state index in [1.165, 1.54) is 6.21 Å². The van der Waals surface area contributed by atoms with Gasteiger partial charge < -0.3 is 10.4 Å². The van der Waals surface area contributed by atoms with Crippen molar-refractivity contribution >= 4 is 40.6 Å². The average Bonchev–Trinajstić information content (AvgIpc) is 2.76. The zero-order chi connectivity index (χ0) is 21.3. The van der Waals surface area contributed by atoms with Gasteiger partial charge in [0.1, 0.15) is 5.75 Å². The van der Waals surface area contributed by atoms with Crippen molar-refractivity contribution in [2.24, 2.45) is 5.10 Å². The number of nitrogens with zero attached hydrogens (tertiary/aromatic N) is 1. The van der Waals surface area contributed by atoms with Crippen LogP contribution in [0.4, 0.5) is 0 Å². The molecule has 0 fully saturated rings. The minimum Gasteiger partial charge on any atom is -0.507 e. The molecule has 0 atom stereocenters. The lowest BCUT2D eigenvalue weighted by molar-refractivity contribution is -0.126. The summed E-state index contributed by atoms with van der Waals surface area (Å²) in [7, 11) is 0. The third-order valence-corrected chi connectivity index (χ3v) is 5.19. The van der Waals surface area contributed by atoms with Crippen molar-refractivity contribution in [3.63, 3.8) is 0 Å². The van der Waals surface area contributed by atoms with Gasteiger partial charge in [0.05, 0.1) is 22.2 Å². The fraction of sp³-hybridized carbons (Fsp3) is 0.0870. The molecule has 0 spiro atoms. The molecule has 2 amide bonds. The van der Waals surface area contributed by atoms with Crippen molar-refractivity contribution in [1.29, 1.82) is 0 Å². The van der Waals surface area contributed by atoms with Crippen molar-refractivity contribution in [2.75, 3.05) is 6.54 Å². The van der Waals surface area contributed by atoms with Gasteiger partial charge in [-0.15, -0.1) is 0 Å². The summed E-state index contributed by atoms with van der Waals surface area (Å²) >= 11 is 2.00. The highest BCUT2D eigenvalue weighted by atomic mass is 127. The number of phenolic OH excluding ortho intramolecular Hbond substituents is 1. The van der Waals surface area contributed by atoms with E-state index in [1.54, 1.807) is 18.2 Å². The molecule has 6 nitrogen and oxygen atoms in total. The monoisotopic (exact) mass is 513 g/mol. The Balaban J connectivity index is 1.60. The van der Waals surface area contributed by atoms with Gasteiger partial charge in [-0.3, -0.25) is 9.59 Å². The van der Waals surface area contributed by atoms with E-state index in [0.717, 1.165) is 16.7 Å². The van der Waals surface area contributed by atoms with Crippen molar-refractivity contribution in [3.05, 3.63) is 99.1 Å². The number of nitrogens with one attached hydrogen (secondary N) is 2. The number of rotatable bonds is 7. The minimum absolute atomic E-state index is 0.186. The predicted molar refractivity (Wildman–Crippen MR) is 124 cm³/mol. The highest BCUT2D eigenvalue weighted by molar-refractivity contribution is 14.1. The number of benzene rings is 3. The Morgan fingerprint density at radius 2 is 1.57 bits per heavy atom. The number of carbonyl (C=O) groups excluding carboxylic acids is 2. The maximum absolute atomic E-state index is 12.9. The first-order chi connectivity index (χ1) is 14.5. The van der Waals surface area contributed by atoms with E-state index in [1.807, 2.05) is 83.3 Å². The van der Waals surface area contributed by atoms with Crippen LogP contribution in [0.5, 0.6) is 5.75 Å². The molecule has 0 bridgehead atoms. The molecule has 0 saturated heterocycles. The minimum atomic E-state index is -0.511. The molecule has 0 saturated carbocycles. The summed E-state index contributed by atoms with van der Waals surface area (Å²) in [6.07, 6.45) is 1.47. The molecular formula is C23H20IN3O3. The summed E-state index contributed by atoms with van der Waals surface area (Å²) in [5.74, 6) is -1.03. The molecule has 0 heterocycles. The number of aromatic hydroxyl groups is 1. The first kappa shape index (κ1) is 21.5. The maximum Gasteiger partial charge on any atom is 0.259 e. The van der Waals surface area contributed by atoms with Crippen LogP contribution in [0.15, 0.2) is 84.0 Å². The Hall–Kier alpha value is -3.20. The number of carbonyl (C=O) groups is 2. The Morgan fingerprint density at radius 1 is 0.967 bits per heavy atom. The fourth-order valence-electron chi connectivity index (χ4n) is 2.88. The van der Waals surface area contributed by atoms with Crippen LogP contribution in [0, 0.1) is 3.57 Å². The molecular weight excluding hydrogens is 493 g/mol. The Morgan fingerprint density at radius 3 is 2.13 bits per heavy atom. The highest BCUT2D eigenvalue weighted by Crippen LogP contribution is 2.24. The first-order valence-electron chi connectivity index (χ1n) is 9.22. The van der Waals surface area contributed by atoms with Gasteiger partial charge in [-0.05, 0) is 57.5 Å². The summed E-state index contributed by atoms with van der Waals surface area (Å²) in [6.45, 7) is -0.195. The van der Waals surface area contributed by atoms with Gasteiger partial charge >= 0.3 is 0 Å². The van der Waals surface area contributed by atoms with Crippen LogP contribution in [0.1, 0.15) is 22.6 Å². The second-order valence-electron chi connectivity index (χ2n) is 6.48. The molecule has 0 aliphatic carbocycles. The van der Waals surface area contributed by atoms with E-state index in [0.29, 0.717) is 3.57 Å². The largest absolute Gasteiger partial charge is 0.507 e. The number of phenols is 1. The van der Waals surface area contributed by atoms with Gasteiger partial charge in [-0.2, -0.15) is 5.10 Å². The van der Waals surface area contributed by atoms with Crippen molar-refractivity contribution in [3.8, 4) is 5.75 Å².